The van der Waals surface area contributed by atoms with Crippen LogP contribution in [0.25, 0.3) is 5.70 Å². The van der Waals surface area contributed by atoms with Crippen LogP contribution in [-0.4, -0.2) is 25.3 Å². The number of thiocarbonyl (C=S) groups is 1. The summed E-state index contributed by atoms with van der Waals surface area (Å²) in [7, 11) is 2.87. The first-order valence-electron chi connectivity index (χ1n) is 10.7. The van der Waals surface area contributed by atoms with E-state index < -0.39 is 12.0 Å². The lowest BCUT2D eigenvalue weighted by molar-refractivity contribution is -0.136. The number of carbonyl (C=O) groups is 1. The molecule has 2 N–H and O–H groups in total. The normalized spacial score (nSPS) is 15.1. The molecule has 186 valence electrons. The Morgan fingerprint density at radius 2 is 1.67 bits per heavy atom. The molecule has 0 fully saturated rings. The summed E-state index contributed by atoms with van der Waals surface area (Å²) in [6.07, 6.45) is 0. The first kappa shape index (κ1) is 26.1. The molecule has 0 saturated carbocycles. The van der Waals surface area contributed by atoms with Crippen molar-refractivity contribution >= 4 is 63.8 Å². The average Bonchev–Trinajstić information content (AvgIpc) is 2.87. The molecule has 1 heterocycles. The molecule has 0 radical (unpaired) electrons. The highest BCUT2D eigenvalue weighted by Crippen LogP contribution is 2.37. The number of methoxy groups -OCH3 is 2. The Hall–Kier alpha value is -2.97. The van der Waals surface area contributed by atoms with Crippen molar-refractivity contribution in [2.75, 3.05) is 14.2 Å². The molecule has 1 atom stereocenters. The summed E-state index contributed by atoms with van der Waals surface area (Å²) < 4.78 is 16.7. The highest BCUT2D eigenvalue weighted by molar-refractivity contribution is 7.80. The third-order valence-corrected chi connectivity index (χ3v) is 6.59. The molecule has 10 heteroatoms. The van der Waals surface area contributed by atoms with Crippen LogP contribution in [0, 0.1) is 0 Å². The van der Waals surface area contributed by atoms with Crippen LogP contribution < -0.4 is 20.1 Å². The highest BCUT2D eigenvalue weighted by Gasteiger charge is 2.33. The zero-order chi connectivity index (χ0) is 25.8. The zero-order valence-electron chi connectivity index (χ0n) is 19.2. The summed E-state index contributed by atoms with van der Waals surface area (Å²) >= 11 is 23.7. The number of halogens is 3. The van der Waals surface area contributed by atoms with E-state index in [-0.39, 0.29) is 6.61 Å². The predicted octanol–water partition coefficient (Wildman–Crippen LogP) is 6.34. The zero-order valence-corrected chi connectivity index (χ0v) is 22.3. The van der Waals surface area contributed by atoms with Crippen molar-refractivity contribution in [3.05, 3.63) is 98.0 Å². The van der Waals surface area contributed by atoms with E-state index in [2.05, 4.69) is 10.6 Å². The third-order valence-electron chi connectivity index (χ3n) is 5.53. The molecule has 4 rings (SSSR count). The minimum absolute atomic E-state index is 0.218. The molecule has 1 aliphatic heterocycles. The van der Waals surface area contributed by atoms with Gasteiger partial charge in [0.15, 0.2) is 16.6 Å². The molecule has 6 nitrogen and oxygen atoms in total. The van der Waals surface area contributed by atoms with Crippen LogP contribution in [0.5, 0.6) is 11.5 Å². The van der Waals surface area contributed by atoms with Gasteiger partial charge in [0.1, 0.15) is 6.61 Å². The molecular weight excluding hydrogens is 543 g/mol. The van der Waals surface area contributed by atoms with Crippen molar-refractivity contribution in [1.82, 2.24) is 10.6 Å². The summed E-state index contributed by atoms with van der Waals surface area (Å²) in [6.45, 7) is 0.218. The quantitative estimate of drug-likeness (QED) is 0.257. The second kappa shape index (κ2) is 11.4. The first-order valence-corrected chi connectivity index (χ1v) is 12.3. The number of esters is 1. The molecule has 0 unspecified atom stereocenters. The van der Waals surface area contributed by atoms with Gasteiger partial charge >= 0.3 is 5.97 Å². The minimum Gasteiger partial charge on any atom is -0.493 e. The van der Waals surface area contributed by atoms with E-state index >= 15 is 0 Å². The third kappa shape index (κ3) is 5.71. The molecule has 0 aliphatic carbocycles. The van der Waals surface area contributed by atoms with Gasteiger partial charge in [0.2, 0.25) is 0 Å². The number of benzene rings is 3. The van der Waals surface area contributed by atoms with Crippen molar-refractivity contribution in [1.29, 1.82) is 0 Å². The van der Waals surface area contributed by atoms with E-state index in [1.165, 1.54) is 14.2 Å². The van der Waals surface area contributed by atoms with Gasteiger partial charge in [-0.15, -0.1) is 0 Å². The Kier molecular flexibility index (Phi) is 8.26. The van der Waals surface area contributed by atoms with Crippen molar-refractivity contribution < 1.29 is 19.0 Å². The standard InChI is InChI=1S/C26H21Cl3N2O4S/c1-33-21-11-15(6-10-20(21)35-13-16-5-9-18(28)12-19(16)29)24-22(25(32)34-2)23(30-26(36)31-24)14-3-7-17(27)8-4-14/h3-12,24H,13H2,1-2H3,(H2,30,31,36)/t24-/m0/s1. The average molecular weight is 564 g/mol. The van der Waals surface area contributed by atoms with Crippen LogP contribution in [0.3, 0.4) is 0 Å². The second-order valence-electron chi connectivity index (χ2n) is 7.75. The maximum atomic E-state index is 12.9. The molecule has 0 spiro atoms. The van der Waals surface area contributed by atoms with Gasteiger partial charge in [0, 0.05) is 20.6 Å². The van der Waals surface area contributed by atoms with Crippen molar-refractivity contribution in [3.8, 4) is 11.5 Å². The Labute approximate surface area is 229 Å². The van der Waals surface area contributed by atoms with Gasteiger partial charge < -0.3 is 24.8 Å². The lowest BCUT2D eigenvalue weighted by Crippen LogP contribution is -2.45. The fourth-order valence-corrected chi connectivity index (χ4v) is 4.57. The minimum atomic E-state index is -0.606. The smallest absolute Gasteiger partial charge is 0.338 e. The van der Waals surface area contributed by atoms with Crippen molar-refractivity contribution in [2.45, 2.75) is 12.6 Å². The van der Waals surface area contributed by atoms with Crippen LogP contribution in [0.1, 0.15) is 22.7 Å². The Bertz CT molecular complexity index is 1350. The van der Waals surface area contributed by atoms with Gasteiger partial charge in [-0.3, -0.25) is 0 Å². The number of hydrogen-bond donors (Lipinski definition) is 2. The molecule has 0 bridgehead atoms. The number of rotatable bonds is 7. The van der Waals surface area contributed by atoms with Gasteiger partial charge in [-0.2, -0.15) is 0 Å². The summed E-state index contributed by atoms with van der Waals surface area (Å²) in [6, 6.07) is 17.1. The first-order chi connectivity index (χ1) is 17.3. The van der Waals surface area contributed by atoms with Crippen molar-refractivity contribution in [2.24, 2.45) is 0 Å². The fraction of sp³-hybridized carbons (Fsp3) is 0.154. The number of nitrogens with one attached hydrogen (secondary N) is 2. The summed E-state index contributed by atoms with van der Waals surface area (Å²) in [4.78, 5) is 12.9. The Morgan fingerprint density at radius 3 is 2.33 bits per heavy atom. The van der Waals surface area contributed by atoms with E-state index in [9.17, 15) is 4.79 Å². The molecule has 0 saturated heterocycles. The molecule has 0 aromatic heterocycles. The predicted molar refractivity (Wildman–Crippen MR) is 146 cm³/mol. The SMILES string of the molecule is COC(=O)C1=C(c2ccc(Cl)cc2)NC(=S)N[C@H]1c1ccc(OCc2ccc(Cl)cc2Cl)c(OC)c1. The van der Waals surface area contributed by atoms with E-state index in [1.807, 2.05) is 6.07 Å². The van der Waals surface area contributed by atoms with E-state index in [4.69, 9.17) is 61.2 Å². The molecule has 36 heavy (non-hydrogen) atoms. The monoisotopic (exact) mass is 562 g/mol. The summed E-state index contributed by atoms with van der Waals surface area (Å²) in [5, 5.41) is 8.23. The number of carbonyl (C=O) groups excluding carboxylic acids is 1. The Balaban J connectivity index is 1.70. The fourth-order valence-electron chi connectivity index (χ4n) is 3.77. The Morgan fingerprint density at radius 1 is 0.944 bits per heavy atom. The topological polar surface area (TPSA) is 68.8 Å². The molecule has 3 aromatic carbocycles. The van der Waals surface area contributed by atoms with Gasteiger partial charge in [-0.05, 0) is 59.7 Å². The van der Waals surface area contributed by atoms with Gasteiger partial charge in [-0.1, -0.05) is 59.1 Å². The van der Waals surface area contributed by atoms with E-state index in [0.29, 0.717) is 42.9 Å². The largest absolute Gasteiger partial charge is 0.493 e. The van der Waals surface area contributed by atoms with Gasteiger partial charge in [0.25, 0.3) is 0 Å². The summed E-state index contributed by atoms with van der Waals surface area (Å²) in [5.74, 6) is 0.468. The second-order valence-corrected chi connectivity index (χ2v) is 9.44. The summed E-state index contributed by atoms with van der Waals surface area (Å²) in [5.41, 5.74) is 3.13. The van der Waals surface area contributed by atoms with Crippen LogP contribution >= 0.6 is 47.0 Å². The van der Waals surface area contributed by atoms with Crippen molar-refractivity contribution in [3.63, 3.8) is 0 Å². The number of ether oxygens (including phenoxy) is 3. The van der Waals surface area contributed by atoms with Crippen LogP contribution in [0.4, 0.5) is 0 Å². The van der Waals surface area contributed by atoms with E-state index in [1.54, 1.807) is 54.6 Å². The van der Waals surface area contributed by atoms with Crippen LogP contribution in [0.2, 0.25) is 15.1 Å². The molecule has 3 aromatic rings. The lowest BCUT2D eigenvalue weighted by atomic mass is 9.92. The molecule has 0 amide bonds. The van der Waals surface area contributed by atoms with Crippen LogP contribution in [0.15, 0.2) is 66.2 Å². The van der Waals surface area contributed by atoms with Gasteiger partial charge in [0.05, 0.1) is 31.5 Å². The maximum absolute atomic E-state index is 12.9. The van der Waals surface area contributed by atoms with Gasteiger partial charge in [-0.25, -0.2) is 4.79 Å². The van der Waals surface area contributed by atoms with E-state index in [0.717, 1.165) is 16.7 Å². The van der Waals surface area contributed by atoms with Crippen LogP contribution in [-0.2, 0) is 16.1 Å². The number of hydrogen-bond acceptors (Lipinski definition) is 5. The molecule has 1 aliphatic rings. The maximum Gasteiger partial charge on any atom is 0.338 e. The highest BCUT2D eigenvalue weighted by atomic mass is 35.5. The lowest BCUT2D eigenvalue weighted by Gasteiger charge is -2.31. The molecular formula is C26H21Cl3N2O4S.